The summed E-state index contributed by atoms with van der Waals surface area (Å²) in [6, 6.07) is 5.39. The average Bonchev–Trinajstić information content (AvgIpc) is 2.79. The summed E-state index contributed by atoms with van der Waals surface area (Å²) in [5.41, 5.74) is 1.59. The minimum atomic E-state index is -0.188. The largest absolute Gasteiger partial charge is 0.497 e. The predicted octanol–water partition coefficient (Wildman–Crippen LogP) is 1.74. The fourth-order valence-electron chi connectivity index (χ4n) is 1.78. The Labute approximate surface area is 100 Å². The van der Waals surface area contributed by atoms with Crippen LogP contribution in [0.25, 0.3) is 5.52 Å². The Morgan fingerprint density at radius 2 is 2.12 bits per heavy atom. The van der Waals surface area contributed by atoms with E-state index in [1.165, 1.54) is 0 Å². The molecule has 1 atom stereocenters. The molecule has 2 rings (SSSR count). The number of carbonyl (C=O) groups is 1. The molecular weight excluding hydrogens is 216 g/mol. The minimum absolute atomic E-state index is 0.0863. The van der Waals surface area contributed by atoms with Crippen molar-refractivity contribution in [3.63, 3.8) is 0 Å². The molecular formula is C13H16N2O2. The van der Waals surface area contributed by atoms with Gasteiger partial charge in [-0.25, -0.2) is 0 Å². The number of ether oxygens (including phenoxy) is 1. The van der Waals surface area contributed by atoms with Gasteiger partial charge in [-0.05, 0) is 26.1 Å². The number of nitrogens with one attached hydrogen (secondary N) is 1. The molecule has 0 fully saturated rings. The Morgan fingerprint density at radius 3 is 2.76 bits per heavy atom. The lowest BCUT2D eigenvalue weighted by atomic mass is 10.1. The summed E-state index contributed by atoms with van der Waals surface area (Å²) in [5.74, 6) is 0.839. The Bertz CT molecular complexity index is 545. The summed E-state index contributed by atoms with van der Waals surface area (Å²) in [5, 5.41) is 2.96. The first-order valence-corrected chi connectivity index (χ1v) is 5.53. The van der Waals surface area contributed by atoms with E-state index in [2.05, 4.69) is 5.32 Å². The molecule has 4 heteroatoms. The fraction of sp³-hybridized carbons (Fsp3) is 0.308. The van der Waals surface area contributed by atoms with Gasteiger partial charge in [-0.2, -0.15) is 0 Å². The van der Waals surface area contributed by atoms with Crippen LogP contribution in [0.15, 0.2) is 30.6 Å². The zero-order valence-electron chi connectivity index (χ0n) is 10.2. The molecule has 0 aliphatic carbocycles. The lowest BCUT2D eigenvalue weighted by Crippen LogP contribution is -2.30. The van der Waals surface area contributed by atoms with E-state index in [1.54, 1.807) is 14.2 Å². The Morgan fingerprint density at radius 1 is 1.41 bits per heavy atom. The van der Waals surface area contributed by atoms with E-state index in [0.717, 1.165) is 11.3 Å². The van der Waals surface area contributed by atoms with Gasteiger partial charge in [0, 0.05) is 24.0 Å². The molecule has 2 aromatic rings. The minimum Gasteiger partial charge on any atom is -0.497 e. The van der Waals surface area contributed by atoms with E-state index in [-0.39, 0.29) is 11.8 Å². The number of rotatable bonds is 4. The zero-order chi connectivity index (χ0) is 12.4. The molecule has 4 nitrogen and oxygen atoms in total. The van der Waals surface area contributed by atoms with Crippen LogP contribution in [0.4, 0.5) is 0 Å². The monoisotopic (exact) mass is 232 g/mol. The highest BCUT2D eigenvalue weighted by Gasteiger charge is 2.17. The number of fused-ring (bicyclic) bond motifs is 1. The van der Waals surface area contributed by atoms with Gasteiger partial charge in [0.25, 0.3) is 0 Å². The molecule has 17 heavy (non-hydrogen) atoms. The topological polar surface area (TPSA) is 42.7 Å². The Balaban J connectivity index is 2.51. The number of carbonyl (C=O) groups excluding carboxylic acids is 1. The van der Waals surface area contributed by atoms with Crippen LogP contribution in [0.3, 0.4) is 0 Å². The number of hydrogen-bond donors (Lipinski definition) is 1. The molecule has 0 aromatic carbocycles. The molecule has 0 aliphatic rings. The van der Waals surface area contributed by atoms with Crippen molar-refractivity contribution >= 4 is 11.3 Å². The molecule has 0 spiro atoms. The summed E-state index contributed by atoms with van der Waals surface area (Å²) in [6.45, 7) is 1.85. The third-order valence-corrected chi connectivity index (χ3v) is 2.96. The maximum absolute atomic E-state index is 12.1. The van der Waals surface area contributed by atoms with Crippen molar-refractivity contribution in [1.29, 1.82) is 0 Å². The molecule has 90 valence electrons. The number of Topliss-reactive ketones (excluding diaryl/α,β-unsaturated/α-hetero) is 1. The number of aromatic nitrogens is 1. The van der Waals surface area contributed by atoms with E-state index in [9.17, 15) is 4.79 Å². The number of methoxy groups -OCH3 is 1. The zero-order valence-corrected chi connectivity index (χ0v) is 10.2. The molecule has 0 saturated heterocycles. The summed E-state index contributed by atoms with van der Waals surface area (Å²) >= 11 is 0. The molecule has 0 bridgehead atoms. The van der Waals surface area contributed by atoms with Crippen LogP contribution < -0.4 is 10.1 Å². The second-order valence-corrected chi connectivity index (χ2v) is 3.96. The number of nitrogens with zero attached hydrogens (tertiary/aromatic N) is 1. The van der Waals surface area contributed by atoms with Crippen molar-refractivity contribution in [2.45, 2.75) is 13.0 Å². The van der Waals surface area contributed by atoms with Gasteiger partial charge in [0.1, 0.15) is 5.75 Å². The number of pyridine rings is 1. The van der Waals surface area contributed by atoms with E-state index < -0.39 is 0 Å². The quantitative estimate of drug-likeness (QED) is 0.816. The van der Waals surface area contributed by atoms with Crippen molar-refractivity contribution in [2.24, 2.45) is 0 Å². The van der Waals surface area contributed by atoms with Crippen LogP contribution in [-0.2, 0) is 0 Å². The smallest absolute Gasteiger partial charge is 0.181 e. The van der Waals surface area contributed by atoms with Gasteiger partial charge >= 0.3 is 0 Å². The van der Waals surface area contributed by atoms with Crippen LogP contribution >= 0.6 is 0 Å². The molecule has 0 amide bonds. The van der Waals surface area contributed by atoms with Crippen molar-refractivity contribution in [1.82, 2.24) is 9.72 Å². The van der Waals surface area contributed by atoms with E-state index in [1.807, 2.05) is 41.9 Å². The third-order valence-electron chi connectivity index (χ3n) is 2.96. The van der Waals surface area contributed by atoms with Gasteiger partial charge in [0.15, 0.2) is 5.78 Å². The summed E-state index contributed by atoms with van der Waals surface area (Å²) < 4.78 is 7.09. The Kier molecular flexibility index (Phi) is 3.15. The molecule has 1 N–H and O–H groups in total. The SMILES string of the molecule is CNC(C)C(=O)c1ccn2ccc(OC)cc12. The first kappa shape index (κ1) is 11.7. The highest BCUT2D eigenvalue weighted by molar-refractivity contribution is 6.05. The first-order chi connectivity index (χ1) is 8.17. The molecule has 0 saturated carbocycles. The van der Waals surface area contributed by atoms with E-state index in [4.69, 9.17) is 4.74 Å². The lowest BCUT2D eigenvalue weighted by Gasteiger charge is -2.08. The van der Waals surface area contributed by atoms with Crippen LogP contribution in [-0.4, -0.2) is 30.4 Å². The van der Waals surface area contributed by atoms with Crippen molar-refractivity contribution in [3.8, 4) is 5.75 Å². The predicted molar refractivity (Wildman–Crippen MR) is 66.8 cm³/mol. The van der Waals surface area contributed by atoms with E-state index >= 15 is 0 Å². The van der Waals surface area contributed by atoms with Gasteiger partial charge in [0.2, 0.25) is 0 Å². The highest BCUT2D eigenvalue weighted by atomic mass is 16.5. The van der Waals surface area contributed by atoms with Gasteiger partial charge in [-0.1, -0.05) is 0 Å². The molecule has 0 aliphatic heterocycles. The third kappa shape index (κ3) is 2.03. The lowest BCUT2D eigenvalue weighted by molar-refractivity contribution is 0.0957. The average molecular weight is 232 g/mol. The molecule has 1 unspecified atom stereocenters. The van der Waals surface area contributed by atoms with Gasteiger partial charge in [-0.3, -0.25) is 4.79 Å². The summed E-state index contributed by atoms with van der Waals surface area (Å²) in [4.78, 5) is 12.1. The molecule has 2 heterocycles. The van der Waals surface area contributed by atoms with Crippen molar-refractivity contribution in [2.75, 3.05) is 14.2 Å². The fourth-order valence-corrected chi connectivity index (χ4v) is 1.78. The van der Waals surface area contributed by atoms with Gasteiger partial charge < -0.3 is 14.5 Å². The second-order valence-electron chi connectivity index (χ2n) is 3.96. The molecule has 0 radical (unpaired) electrons. The maximum atomic E-state index is 12.1. The first-order valence-electron chi connectivity index (χ1n) is 5.53. The van der Waals surface area contributed by atoms with Crippen LogP contribution in [0.5, 0.6) is 5.75 Å². The normalized spacial score (nSPS) is 12.6. The van der Waals surface area contributed by atoms with Gasteiger partial charge in [0.05, 0.1) is 18.7 Å². The number of ketones is 1. The molecule has 2 aromatic heterocycles. The number of likely N-dealkylation sites (N-methyl/N-ethyl adjacent to an activating group) is 1. The van der Waals surface area contributed by atoms with Crippen molar-refractivity contribution < 1.29 is 9.53 Å². The summed E-state index contributed by atoms with van der Waals surface area (Å²) in [6.07, 6.45) is 3.76. The Hall–Kier alpha value is -1.81. The second kappa shape index (κ2) is 4.59. The highest BCUT2D eigenvalue weighted by Crippen LogP contribution is 2.20. The van der Waals surface area contributed by atoms with Crippen LogP contribution in [0, 0.1) is 0 Å². The van der Waals surface area contributed by atoms with Crippen LogP contribution in [0.2, 0.25) is 0 Å². The standard InChI is InChI=1S/C13H16N2O2/c1-9(14-2)13(16)11-5-7-15-6-4-10(17-3)8-12(11)15/h4-9,14H,1-3H3. The van der Waals surface area contributed by atoms with Crippen molar-refractivity contribution in [3.05, 3.63) is 36.2 Å². The van der Waals surface area contributed by atoms with Crippen LogP contribution in [0.1, 0.15) is 17.3 Å². The summed E-state index contributed by atoms with van der Waals surface area (Å²) in [7, 11) is 3.40. The van der Waals surface area contributed by atoms with E-state index in [0.29, 0.717) is 5.56 Å². The number of hydrogen-bond acceptors (Lipinski definition) is 3. The van der Waals surface area contributed by atoms with Gasteiger partial charge in [-0.15, -0.1) is 0 Å². The maximum Gasteiger partial charge on any atom is 0.181 e.